The number of aromatic nitrogens is 4. The Balaban J connectivity index is 1.59. The lowest BCUT2D eigenvalue weighted by Gasteiger charge is -2.30. The second kappa shape index (κ2) is 5.70. The van der Waals surface area contributed by atoms with Crippen LogP contribution in [0.4, 0.5) is 5.69 Å². The standard InChI is InChI=1S/C18H19N5O2/c24-18-15-10-19-23(14-6-9-25-12-14)17(15)20-16-11-21(7-8-22(16)18)13-4-2-1-3-5-13/h1-5,10,14H,6-9,11-12H2. The van der Waals surface area contributed by atoms with Crippen LogP contribution in [0.15, 0.2) is 41.3 Å². The summed E-state index contributed by atoms with van der Waals surface area (Å²) in [5.41, 5.74) is 1.85. The number of anilines is 1. The molecule has 0 amide bonds. The van der Waals surface area contributed by atoms with Crippen molar-refractivity contribution in [3.63, 3.8) is 0 Å². The van der Waals surface area contributed by atoms with E-state index in [-0.39, 0.29) is 11.6 Å². The Kier molecular flexibility index (Phi) is 3.34. The van der Waals surface area contributed by atoms with Crippen molar-refractivity contribution in [2.45, 2.75) is 25.6 Å². The molecule has 0 bridgehead atoms. The number of hydrogen-bond donors (Lipinski definition) is 0. The first-order valence-corrected chi connectivity index (χ1v) is 8.66. The molecule has 128 valence electrons. The second-order valence-corrected chi connectivity index (χ2v) is 6.59. The van der Waals surface area contributed by atoms with Gasteiger partial charge in [-0.3, -0.25) is 9.36 Å². The Morgan fingerprint density at radius 3 is 2.84 bits per heavy atom. The maximum atomic E-state index is 12.9. The number of rotatable bonds is 2. The minimum absolute atomic E-state index is 0.0119. The van der Waals surface area contributed by atoms with Crippen molar-refractivity contribution >= 4 is 16.7 Å². The van der Waals surface area contributed by atoms with Gasteiger partial charge in [0.1, 0.15) is 11.2 Å². The maximum Gasteiger partial charge on any atom is 0.264 e. The predicted molar refractivity (Wildman–Crippen MR) is 93.8 cm³/mol. The Labute approximate surface area is 144 Å². The van der Waals surface area contributed by atoms with Crippen molar-refractivity contribution in [3.05, 3.63) is 52.7 Å². The largest absolute Gasteiger partial charge is 0.379 e. The molecule has 2 aliphatic rings. The van der Waals surface area contributed by atoms with Gasteiger partial charge in [-0.25, -0.2) is 9.67 Å². The third-order valence-corrected chi connectivity index (χ3v) is 5.09. The molecule has 1 atom stereocenters. The van der Waals surface area contributed by atoms with E-state index >= 15 is 0 Å². The molecular formula is C18H19N5O2. The molecule has 0 aliphatic carbocycles. The lowest BCUT2D eigenvalue weighted by atomic mass is 10.2. The first-order chi connectivity index (χ1) is 12.3. The summed E-state index contributed by atoms with van der Waals surface area (Å²) >= 11 is 0. The summed E-state index contributed by atoms with van der Waals surface area (Å²) in [7, 11) is 0. The number of para-hydroxylation sites is 1. The molecule has 1 fully saturated rings. The SMILES string of the molecule is O=c1c2cnn(C3CCOC3)c2nc2n1CCN(c1ccccc1)C2. The smallest absolute Gasteiger partial charge is 0.264 e. The predicted octanol–water partition coefficient (Wildman–Crippen LogP) is 1.57. The van der Waals surface area contributed by atoms with E-state index in [4.69, 9.17) is 9.72 Å². The summed E-state index contributed by atoms with van der Waals surface area (Å²) in [4.78, 5) is 19.9. The monoisotopic (exact) mass is 337 g/mol. The number of hydrogen-bond acceptors (Lipinski definition) is 5. The average Bonchev–Trinajstić information content (AvgIpc) is 3.31. The molecule has 1 aromatic carbocycles. The van der Waals surface area contributed by atoms with Gasteiger partial charge < -0.3 is 9.64 Å². The van der Waals surface area contributed by atoms with E-state index in [0.29, 0.717) is 30.7 Å². The van der Waals surface area contributed by atoms with Gasteiger partial charge in [-0.05, 0) is 18.6 Å². The average molecular weight is 337 g/mol. The van der Waals surface area contributed by atoms with E-state index in [2.05, 4.69) is 22.1 Å². The first kappa shape index (κ1) is 14.7. The molecule has 0 N–H and O–H groups in total. The molecule has 7 heteroatoms. The fourth-order valence-electron chi connectivity index (χ4n) is 3.73. The van der Waals surface area contributed by atoms with Gasteiger partial charge in [0, 0.05) is 25.4 Å². The minimum Gasteiger partial charge on any atom is -0.379 e. The minimum atomic E-state index is 0.0119. The van der Waals surface area contributed by atoms with E-state index in [1.807, 2.05) is 22.9 Å². The molecule has 2 aliphatic heterocycles. The zero-order valence-electron chi connectivity index (χ0n) is 13.8. The normalized spacial score (nSPS) is 20.2. The molecule has 4 heterocycles. The van der Waals surface area contributed by atoms with Crippen LogP contribution in [0.25, 0.3) is 11.0 Å². The van der Waals surface area contributed by atoms with Gasteiger partial charge in [-0.2, -0.15) is 5.10 Å². The highest BCUT2D eigenvalue weighted by atomic mass is 16.5. The van der Waals surface area contributed by atoms with Crippen molar-refractivity contribution in [1.82, 2.24) is 19.3 Å². The van der Waals surface area contributed by atoms with Gasteiger partial charge in [0.2, 0.25) is 0 Å². The molecule has 1 saturated heterocycles. The summed E-state index contributed by atoms with van der Waals surface area (Å²) in [6, 6.07) is 10.4. The molecule has 3 aromatic rings. The topological polar surface area (TPSA) is 65.2 Å². The molecular weight excluding hydrogens is 318 g/mol. The van der Waals surface area contributed by atoms with Gasteiger partial charge >= 0.3 is 0 Å². The van der Waals surface area contributed by atoms with Crippen LogP contribution in [0.2, 0.25) is 0 Å². The van der Waals surface area contributed by atoms with Gasteiger partial charge in [-0.15, -0.1) is 0 Å². The van der Waals surface area contributed by atoms with Gasteiger partial charge in [0.25, 0.3) is 5.56 Å². The molecule has 1 unspecified atom stereocenters. The lowest BCUT2D eigenvalue weighted by Crippen LogP contribution is -2.40. The quantitative estimate of drug-likeness (QED) is 0.710. The highest BCUT2D eigenvalue weighted by molar-refractivity contribution is 5.73. The van der Waals surface area contributed by atoms with Crippen molar-refractivity contribution in [3.8, 4) is 0 Å². The molecule has 0 spiro atoms. The molecule has 0 radical (unpaired) electrons. The highest BCUT2D eigenvalue weighted by Gasteiger charge is 2.25. The fourth-order valence-corrected chi connectivity index (χ4v) is 3.73. The summed E-state index contributed by atoms with van der Waals surface area (Å²) in [6.07, 6.45) is 2.56. The van der Waals surface area contributed by atoms with Crippen molar-refractivity contribution in [1.29, 1.82) is 0 Å². The Morgan fingerprint density at radius 1 is 1.16 bits per heavy atom. The Hall–Kier alpha value is -2.67. The number of nitrogens with zero attached hydrogens (tertiary/aromatic N) is 5. The van der Waals surface area contributed by atoms with Crippen molar-refractivity contribution < 1.29 is 4.74 Å². The lowest BCUT2D eigenvalue weighted by molar-refractivity contribution is 0.185. The summed E-state index contributed by atoms with van der Waals surface area (Å²) in [6.45, 7) is 3.44. The maximum absolute atomic E-state index is 12.9. The van der Waals surface area contributed by atoms with E-state index in [9.17, 15) is 4.79 Å². The van der Waals surface area contributed by atoms with E-state index < -0.39 is 0 Å². The Morgan fingerprint density at radius 2 is 2.04 bits per heavy atom. The number of fused-ring (bicyclic) bond motifs is 2. The molecule has 0 saturated carbocycles. The van der Waals surface area contributed by atoms with Crippen LogP contribution in [0.1, 0.15) is 18.3 Å². The summed E-state index contributed by atoms with van der Waals surface area (Å²) in [5.74, 6) is 0.799. The number of ether oxygens (including phenoxy) is 1. The van der Waals surface area contributed by atoms with Crippen LogP contribution in [0.3, 0.4) is 0 Å². The molecule has 5 rings (SSSR count). The first-order valence-electron chi connectivity index (χ1n) is 8.66. The number of benzene rings is 1. The molecule has 2 aromatic heterocycles. The van der Waals surface area contributed by atoms with Crippen LogP contribution in [0.5, 0.6) is 0 Å². The van der Waals surface area contributed by atoms with Gasteiger partial charge in [0.05, 0.1) is 25.4 Å². The van der Waals surface area contributed by atoms with E-state index in [1.54, 1.807) is 10.8 Å². The Bertz CT molecular complexity index is 972. The van der Waals surface area contributed by atoms with Crippen LogP contribution < -0.4 is 10.5 Å². The molecule has 25 heavy (non-hydrogen) atoms. The van der Waals surface area contributed by atoms with Gasteiger partial charge in [0.15, 0.2) is 5.65 Å². The highest BCUT2D eigenvalue weighted by Crippen LogP contribution is 2.24. The third-order valence-electron chi connectivity index (χ3n) is 5.09. The van der Waals surface area contributed by atoms with Crippen LogP contribution in [-0.4, -0.2) is 39.1 Å². The van der Waals surface area contributed by atoms with Crippen LogP contribution in [-0.2, 0) is 17.8 Å². The fraction of sp³-hybridized carbons (Fsp3) is 0.389. The molecule has 7 nitrogen and oxygen atoms in total. The van der Waals surface area contributed by atoms with Gasteiger partial charge in [-0.1, -0.05) is 18.2 Å². The zero-order chi connectivity index (χ0) is 16.8. The van der Waals surface area contributed by atoms with Crippen molar-refractivity contribution in [2.75, 3.05) is 24.7 Å². The summed E-state index contributed by atoms with van der Waals surface area (Å²) < 4.78 is 9.13. The van der Waals surface area contributed by atoms with Crippen molar-refractivity contribution in [2.24, 2.45) is 0 Å². The summed E-state index contributed by atoms with van der Waals surface area (Å²) in [5, 5.41) is 5.03. The zero-order valence-corrected chi connectivity index (χ0v) is 13.8. The van der Waals surface area contributed by atoms with Crippen LogP contribution >= 0.6 is 0 Å². The second-order valence-electron chi connectivity index (χ2n) is 6.59. The van der Waals surface area contributed by atoms with E-state index in [0.717, 1.165) is 31.1 Å². The van der Waals surface area contributed by atoms with Crippen LogP contribution in [0, 0.1) is 0 Å². The third kappa shape index (κ3) is 2.34. The van der Waals surface area contributed by atoms with E-state index in [1.165, 1.54) is 0 Å².